The van der Waals surface area contributed by atoms with Gasteiger partial charge in [0.15, 0.2) is 0 Å². The fraction of sp³-hybridized carbons (Fsp3) is 0.188. The molecular formula is C16H14ClF2NO. The zero-order chi connectivity index (χ0) is 15.4. The van der Waals surface area contributed by atoms with Crippen molar-refractivity contribution in [3.8, 4) is 0 Å². The van der Waals surface area contributed by atoms with Crippen molar-refractivity contribution in [2.45, 2.75) is 13.0 Å². The van der Waals surface area contributed by atoms with E-state index in [1.165, 1.54) is 29.2 Å². The van der Waals surface area contributed by atoms with Crippen LogP contribution in [0.4, 0.5) is 8.78 Å². The minimum atomic E-state index is -0.451. The van der Waals surface area contributed by atoms with Gasteiger partial charge in [0.2, 0.25) is 5.91 Å². The van der Waals surface area contributed by atoms with Crippen LogP contribution in [0.2, 0.25) is 5.02 Å². The van der Waals surface area contributed by atoms with Crippen molar-refractivity contribution in [2.24, 2.45) is 0 Å². The molecule has 21 heavy (non-hydrogen) atoms. The van der Waals surface area contributed by atoms with Gasteiger partial charge in [-0.15, -0.1) is 0 Å². The van der Waals surface area contributed by atoms with Crippen LogP contribution in [0.3, 0.4) is 0 Å². The van der Waals surface area contributed by atoms with Gasteiger partial charge in [-0.1, -0.05) is 29.8 Å². The van der Waals surface area contributed by atoms with E-state index in [4.69, 9.17) is 11.6 Å². The van der Waals surface area contributed by atoms with E-state index in [0.29, 0.717) is 5.56 Å². The lowest BCUT2D eigenvalue weighted by atomic mass is 10.1. The minimum absolute atomic E-state index is 0.0559. The summed E-state index contributed by atoms with van der Waals surface area (Å²) in [5.74, 6) is -1.08. The molecule has 1 amide bonds. The van der Waals surface area contributed by atoms with Gasteiger partial charge in [-0.05, 0) is 29.8 Å². The number of likely N-dealkylation sites (N-methyl/N-ethyl adjacent to an activating group) is 1. The summed E-state index contributed by atoms with van der Waals surface area (Å²) in [6, 6.07) is 10.2. The number of hydrogen-bond acceptors (Lipinski definition) is 1. The summed E-state index contributed by atoms with van der Waals surface area (Å²) >= 11 is 5.93. The molecule has 5 heteroatoms. The molecule has 0 N–H and O–H groups in total. The standard InChI is InChI=1S/C16H14ClF2NO/c1-20(10-13-14(17)6-3-7-15(13)19)16(21)9-11-4-2-5-12(18)8-11/h2-8H,9-10H2,1H3. The molecule has 0 aromatic heterocycles. The molecule has 0 fully saturated rings. The van der Waals surface area contributed by atoms with E-state index in [2.05, 4.69) is 0 Å². The van der Waals surface area contributed by atoms with Gasteiger partial charge in [0.25, 0.3) is 0 Å². The third-order valence-electron chi connectivity index (χ3n) is 3.13. The van der Waals surface area contributed by atoms with E-state index in [1.54, 1.807) is 25.2 Å². The Kier molecular flexibility index (Phi) is 4.91. The van der Waals surface area contributed by atoms with Gasteiger partial charge in [-0.25, -0.2) is 8.78 Å². The Morgan fingerprint density at radius 1 is 1.19 bits per heavy atom. The number of amides is 1. The fourth-order valence-electron chi connectivity index (χ4n) is 1.97. The molecule has 2 aromatic carbocycles. The summed E-state index contributed by atoms with van der Waals surface area (Å²) in [6.07, 6.45) is 0.0559. The smallest absolute Gasteiger partial charge is 0.227 e. The Balaban J connectivity index is 2.06. The predicted molar refractivity (Wildman–Crippen MR) is 78.0 cm³/mol. The third kappa shape index (κ3) is 4.02. The van der Waals surface area contributed by atoms with Crippen molar-refractivity contribution >= 4 is 17.5 Å². The molecule has 2 aromatic rings. The molecule has 0 unspecified atom stereocenters. The number of rotatable bonds is 4. The molecule has 0 aliphatic carbocycles. The maximum atomic E-state index is 13.7. The monoisotopic (exact) mass is 309 g/mol. The van der Waals surface area contributed by atoms with Crippen LogP contribution in [0.1, 0.15) is 11.1 Å². The SMILES string of the molecule is CN(Cc1c(F)cccc1Cl)C(=O)Cc1cccc(F)c1. The average molecular weight is 310 g/mol. The Labute approximate surface area is 127 Å². The van der Waals surface area contributed by atoms with Crippen molar-refractivity contribution in [1.29, 1.82) is 0 Å². The van der Waals surface area contributed by atoms with E-state index < -0.39 is 5.82 Å². The molecule has 0 saturated carbocycles. The zero-order valence-corrected chi connectivity index (χ0v) is 12.2. The quantitative estimate of drug-likeness (QED) is 0.841. The highest BCUT2D eigenvalue weighted by molar-refractivity contribution is 6.31. The second kappa shape index (κ2) is 6.68. The lowest BCUT2D eigenvalue weighted by molar-refractivity contribution is -0.129. The molecule has 110 valence electrons. The lowest BCUT2D eigenvalue weighted by Crippen LogP contribution is -2.28. The molecule has 0 aliphatic rings. The number of carbonyl (C=O) groups excluding carboxylic acids is 1. The maximum absolute atomic E-state index is 13.7. The molecular weight excluding hydrogens is 296 g/mol. The third-order valence-corrected chi connectivity index (χ3v) is 3.48. The first-order valence-corrected chi connectivity index (χ1v) is 6.76. The highest BCUT2D eigenvalue weighted by Gasteiger charge is 2.14. The van der Waals surface area contributed by atoms with E-state index >= 15 is 0 Å². The first-order valence-electron chi connectivity index (χ1n) is 6.38. The van der Waals surface area contributed by atoms with Crippen molar-refractivity contribution in [2.75, 3.05) is 7.05 Å². The molecule has 0 saturated heterocycles. The highest BCUT2D eigenvalue weighted by atomic mass is 35.5. The summed E-state index contributed by atoms with van der Waals surface area (Å²) in [5, 5.41) is 0.278. The van der Waals surface area contributed by atoms with Crippen molar-refractivity contribution in [3.63, 3.8) is 0 Å². The largest absolute Gasteiger partial charge is 0.341 e. The first kappa shape index (κ1) is 15.4. The van der Waals surface area contributed by atoms with Crippen LogP contribution < -0.4 is 0 Å². The maximum Gasteiger partial charge on any atom is 0.227 e. The Morgan fingerprint density at radius 3 is 2.57 bits per heavy atom. The van der Waals surface area contributed by atoms with Crippen LogP contribution in [-0.4, -0.2) is 17.9 Å². The fourth-order valence-corrected chi connectivity index (χ4v) is 2.19. The van der Waals surface area contributed by atoms with Gasteiger partial charge in [0.05, 0.1) is 6.42 Å². The van der Waals surface area contributed by atoms with Gasteiger partial charge in [0, 0.05) is 24.2 Å². The number of carbonyl (C=O) groups is 1. The predicted octanol–water partition coefficient (Wildman–Crippen LogP) is 3.82. The van der Waals surface area contributed by atoms with Crippen LogP contribution in [-0.2, 0) is 17.8 Å². The summed E-state index contributed by atoms with van der Waals surface area (Å²) in [4.78, 5) is 13.5. The van der Waals surface area contributed by atoms with Crippen LogP contribution in [0.5, 0.6) is 0 Å². The number of hydrogen-bond donors (Lipinski definition) is 0. The van der Waals surface area contributed by atoms with Gasteiger partial charge < -0.3 is 4.90 Å². The van der Waals surface area contributed by atoms with Crippen molar-refractivity contribution in [1.82, 2.24) is 4.90 Å². The van der Waals surface area contributed by atoms with E-state index in [9.17, 15) is 13.6 Å². The molecule has 0 bridgehead atoms. The molecule has 0 heterocycles. The van der Waals surface area contributed by atoms with Crippen molar-refractivity contribution < 1.29 is 13.6 Å². The highest BCUT2D eigenvalue weighted by Crippen LogP contribution is 2.20. The average Bonchev–Trinajstić information content (AvgIpc) is 2.43. The molecule has 2 rings (SSSR count). The Bertz CT molecular complexity index is 640. The number of benzene rings is 2. The van der Waals surface area contributed by atoms with E-state index in [0.717, 1.165) is 0 Å². The molecule has 2 nitrogen and oxygen atoms in total. The lowest BCUT2D eigenvalue weighted by Gasteiger charge is -2.18. The van der Waals surface area contributed by atoms with E-state index in [1.807, 2.05) is 0 Å². The molecule has 0 spiro atoms. The summed E-state index contributed by atoms with van der Waals surface area (Å²) in [7, 11) is 1.56. The number of halogens is 3. The Morgan fingerprint density at radius 2 is 1.90 bits per heavy atom. The molecule has 0 atom stereocenters. The Hall–Kier alpha value is -1.94. The molecule has 0 radical (unpaired) electrons. The van der Waals surface area contributed by atoms with Crippen LogP contribution >= 0.6 is 11.6 Å². The number of nitrogens with zero attached hydrogens (tertiary/aromatic N) is 1. The second-order valence-corrected chi connectivity index (χ2v) is 5.16. The van der Waals surface area contributed by atoms with Crippen LogP contribution in [0, 0.1) is 11.6 Å². The van der Waals surface area contributed by atoms with Gasteiger partial charge in [0.1, 0.15) is 11.6 Å². The van der Waals surface area contributed by atoms with Crippen molar-refractivity contribution in [3.05, 3.63) is 70.2 Å². The summed E-state index contributed by atoms with van der Waals surface area (Å²) in [5.41, 5.74) is 0.848. The minimum Gasteiger partial charge on any atom is -0.341 e. The van der Waals surface area contributed by atoms with E-state index in [-0.39, 0.29) is 35.3 Å². The van der Waals surface area contributed by atoms with Gasteiger partial charge in [-0.3, -0.25) is 4.79 Å². The summed E-state index contributed by atoms with van der Waals surface area (Å²) in [6.45, 7) is 0.0691. The van der Waals surface area contributed by atoms with Crippen LogP contribution in [0.25, 0.3) is 0 Å². The topological polar surface area (TPSA) is 20.3 Å². The zero-order valence-electron chi connectivity index (χ0n) is 11.4. The normalized spacial score (nSPS) is 10.5. The van der Waals surface area contributed by atoms with Crippen LogP contribution in [0.15, 0.2) is 42.5 Å². The van der Waals surface area contributed by atoms with Gasteiger partial charge in [-0.2, -0.15) is 0 Å². The van der Waals surface area contributed by atoms with Gasteiger partial charge >= 0.3 is 0 Å². The first-order chi connectivity index (χ1) is 9.97. The molecule has 0 aliphatic heterocycles. The summed E-state index contributed by atoms with van der Waals surface area (Å²) < 4.78 is 26.8. The second-order valence-electron chi connectivity index (χ2n) is 4.76.